The first kappa shape index (κ1) is 16.1. The van der Waals surface area contributed by atoms with Crippen molar-refractivity contribution in [1.29, 1.82) is 0 Å². The third kappa shape index (κ3) is 3.23. The van der Waals surface area contributed by atoms with Gasteiger partial charge in [-0.2, -0.15) is 0 Å². The highest BCUT2D eigenvalue weighted by Gasteiger charge is 2.14. The Kier molecular flexibility index (Phi) is 4.38. The molecule has 0 aliphatic carbocycles. The van der Waals surface area contributed by atoms with Crippen molar-refractivity contribution in [1.82, 2.24) is 15.3 Å². The second-order valence-corrected chi connectivity index (χ2v) is 6.33. The van der Waals surface area contributed by atoms with Gasteiger partial charge in [0.25, 0.3) is 0 Å². The van der Waals surface area contributed by atoms with E-state index in [0.717, 1.165) is 42.8 Å². The van der Waals surface area contributed by atoms with E-state index >= 15 is 0 Å². The van der Waals surface area contributed by atoms with Gasteiger partial charge in [-0.15, -0.1) is 0 Å². The summed E-state index contributed by atoms with van der Waals surface area (Å²) in [6.07, 6.45) is 2.57. The molecule has 128 valence electrons. The minimum absolute atomic E-state index is 0.0726. The first-order chi connectivity index (χ1) is 12.2. The Bertz CT molecular complexity index is 911. The van der Waals surface area contributed by atoms with Crippen molar-refractivity contribution >= 4 is 39.7 Å². The van der Waals surface area contributed by atoms with Gasteiger partial charge in [0.15, 0.2) is 5.82 Å². The predicted molar refractivity (Wildman–Crippen MR) is 99.1 cm³/mol. The molecule has 5 nitrogen and oxygen atoms in total. The summed E-state index contributed by atoms with van der Waals surface area (Å²) in [7, 11) is 0. The van der Waals surface area contributed by atoms with Crippen molar-refractivity contribution < 1.29 is 4.39 Å². The number of nitrogens with zero attached hydrogens (tertiary/aromatic N) is 3. The van der Waals surface area contributed by atoms with Crippen molar-refractivity contribution in [3.63, 3.8) is 0 Å². The number of anilines is 3. The van der Waals surface area contributed by atoms with Crippen LogP contribution in [-0.2, 0) is 0 Å². The minimum atomic E-state index is -0.493. The van der Waals surface area contributed by atoms with Crippen molar-refractivity contribution in [2.45, 2.75) is 6.42 Å². The van der Waals surface area contributed by atoms with E-state index in [0.29, 0.717) is 5.82 Å². The Labute approximate surface area is 149 Å². The van der Waals surface area contributed by atoms with Crippen molar-refractivity contribution in [2.24, 2.45) is 0 Å². The second kappa shape index (κ2) is 6.82. The van der Waals surface area contributed by atoms with E-state index in [1.807, 2.05) is 18.2 Å². The van der Waals surface area contributed by atoms with Crippen LogP contribution in [0, 0.1) is 5.82 Å². The van der Waals surface area contributed by atoms with Crippen molar-refractivity contribution in [2.75, 3.05) is 30.0 Å². The van der Waals surface area contributed by atoms with Crippen LogP contribution >= 0.6 is 11.6 Å². The molecular formula is C18H17ClFN5. The molecule has 1 fully saturated rings. The molecule has 0 saturated carbocycles. The molecule has 0 atom stereocenters. The summed E-state index contributed by atoms with van der Waals surface area (Å²) in [6.45, 7) is 2.84. The normalized spacial score (nSPS) is 14.7. The zero-order chi connectivity index (χ0) is 17.2. The van der Waals surface area contributed by atoms with Gasteiger partial charge in [-0.05, 0) is 43.3 Å². The summed E-state index contributed by atoms with van der Waals surface area (Å²) in [5, 5.41) is 7.32. The van der Waals surface area contributed by atoms with Gasteiger partial charge < -0.3 is 10.2 Å². The van der Waals surface area contributed by atoms with Gasteiger partial charge in [-0.25, -0.2) is 14.4 Å². The third-order valence-corrected chi connectivity index (χ3v) is 4.56. The molecule has 0 spiro atoms. The molecule has 7 heteroatoms. The summed E-state index contributed by atoms with van der Waals surface area (Å²) in [6, 6.07) is 10.9. The lowest BCUT2D eigenvalue weighted by atomic mass is 10.1. The molecule has 3 aromatic rings. The molecule has 1 aliphatic rings. The van der Waals surface area contributed by atoms with E-state index < -0.39 is 5.82 Å². The van der Waals surface area contributed by atoms with Gasteiger partial charge in [-0.3, -0.25) is 5.32 Å². The van der Waals surface area contributed by atoms with Crippen LogP contribution in [0.5, 0.6) is 0 Å². The Balaban J connectivity index is 1.74. The molecule has 25 heavy (non-hydrogen) atoms. The Morgan fingerprint density at radius 3 is 2.96 bits per heavy atom. The van der Waals surface area contributed by atoms with Gasteiger partial charge >= 0.3 is 0 Å². The smallest absolute Gasteiger partial charge is 0.165 e. The molecule has 0 amide bonds. The third-order valence-electron chi connectivity index (χ3n) is 4.27. The Morgan fingerprint density at radius 2 is 2.12 bits per heavy atom. The summed E-state index contributed by atoms with van der Waals surface area (Å²) in [4.78, 5) is 10.9. The maximum absolute atomic E-state index is 14.2. The maximum atomic E-state index is 14.2. The average Bonchev–Trinajstić information content (AvgIpc) is 2.66. The van der Waals surface area contributed by atoms with E-state index in [4.69, 9.17) is 11.6 Å². The lowest BCUT2D eigenvalue weighted by molar-refractivity contribution is 0.553. The molecule has 0 unspecified atom stereocenters. The van der Waals surface area contributed by atoms with Gasteiger partial charge in [-0.1, -0.05) is 17.7 Å². The second-order valence-electron chi connectivity index (χ2n) is 5.93. The molecule has 0 radical (unpaired) electrons. The van der Waals surface area contributed by atoms with E-state index in [2.05, 4.69) is 25.5 Å². The van der Waals surface area contributed by atoms with Gasteiger partial charge in [0.05, 0.1) is 22.9 Å². The maximum Gasteiger partial charge on any atom is 0.165 e. The SMILES string of the molecule is Fc1c(Cl)cccc1Nc1ncnc2ccc(N3CCCNC3)cc12. The van der Waals surface area contributed by atoms with E-state index in [9.17, 15) is 4.39 Å². The molecule has 2 aromatic carbocycles. The average molecular weight is 358 g/mol. The highest BCUT2D eigenvalue weighted by molar-refractivity contribution is 6.31. The van der Waals surface area contributed by atoms with Crippen LogP contribution in [0.3, 0.4) is 0 Å². The molecule has 1 saturated heterocycles. The zero-order valence-electron chi connectivity index (χ0n) is 13.5. The fraction of sp³-hybridized carbons (Fsp3) is 0.222. The lowest BCUT2D eigenvalue weighted by Gasteiger charge is -2.29. The molecule has 2 heterocycles. The standard InChI is InChI=1S/C18H17ClFN5/c19-14-3-1-4-16(17(14)20)24-18-13-9-12(25-8-2-7-21-11-25)5-6-15(13)22-10-23-18/h1,3-6,9-10,21H,2,7-8,11H2,(H,22,23,24). The molecule has 1 aromatic heterocycles. The number of nitrogens with one attached hydrogen (secondary N) is 2. The Hall–Kier alpha value is -2.44. The monoisotopic (exact) mass is 357 g/mol. The minimum Gasteiger partial charge on any atom is -0.359 e. The first-order valence-corrected chi connectivity index (χ1v) is 8.51. The largest absolute Gasteiger partial charge is 0.359 e. The molecular weight excluding hydrogens is 341 g/mol. The molecule has 1 aliphatic heterocycles. The number of fused-ring (bicyclic) bond motifs is 1. The number of halogens is 2. The van der Waals surface area contributed by atoms with E-state index in [1.165, 1.54) is 12.4 Å². The number of hydrogen-bond acceptors (Lipinski definition) is 5. The van der Waals surface area contributed by atoms with Crippen molar-refractivity contribution in [3.8, 4) is 0 Å². The van der Waals surface area contributed by atoms with Crippen LogP contribution < -0.4 is 15.5 Å². The van der Waals surface area contributed by atoms with Gasteiger partial charge in [0.1, 0.15) is 12.1 Å². The lowest BCUT2D eigenvalue weighted by Crippen LogP contribution is -2.41. The summed E-state index contributed by atoms with van der Waals surface area (Å²) in [5.74, 6) is 0.0605. The van der Waals surface area contributed by atoms with Crippen LogP contribution in [0.15, 0.2) is 42.7 Å². The van der Waals surface area contributed by atoms with Gasteiger partial charge in [0.2, 0.25) is 0 Å². The van der Waals surface area contributed by atoms with Crippen LogP contribution in [0.25, 0.3) is 10.9 Å². The number of benzene rings is 2. The molecule has 2 N–H and O–H groups in total. The fourth-order valence-electron chi connectivity index (χ4n) is 2.98. The number of hydrogen-bond donors (Lipinski definition) is 2. The van der Waals surface area contributed by atoms with Crippen molar-refractivity contribution in [3.05, 3.63) is 53.6 Å². The highest BCUT2D eigenvalue weighted by atomic mass is 35.5. The highest BCUT2D eigenvalue weighted by Crippen LogP contribution is 2.30. The summed E-state index contributed by atoms with van der Waals surface area (Å²) >= 11 is 5.86. The van der Waals surface area contributed by atoms with E-state index in [1.54, 1.807) is 12.1 Å². The fourth-order valence-corrected chi connectivity index (χ4v) is 3.15. The first-order valence-electron chi connectivity index (χ1n) is 8.14. The predicted octanol–water partition coefficient (Wildman–Crippen LogP) is 3.92. The molecule has 0 bridgehead atoms. The zero-order valence-corrected chi connectivity index (χ0v) is 14.2. The van der Waals surface area contributed by atoms with Crippen LogP contribution in [-0.4, -0.2) is 29.7 Å². The number of aromatic nitrogens is 2. The summed E-state index contributed by atoms with van der Waals surface area (Å²) < 4.78 is 14.2. The quantitative estimate of drug-likeness (QED) is 0.744. The molecule has 4 rings (SSSR count). The van der Waals surface area contributed by atoms with Crippen LogP contribution in [0.1, 0.15) is 6.42 Å². The van der Waals surface area contributed by atoms with Crippen LogP contribution in [0.4, 0.5) is 21.6 Å². The summed E-state index contributed by atoms with van der Waals surface area (Å²) in [5.41, 5.74) is 2.18. The number of rotatable bonds is 3. The van der Waals surface area contributed by atoms with E-state index in [-0.39, 0.29) is 10.7 Å². The Morgan fingerprint density at radius 1 is 1.20 bits per heavy atom. The van der Waals surface area contributed by atoms with Gasteiger partial charge in [0, 0.05) is 17.6 Å². The topological polar surface area (TPSA) is 53.1 Å². The van der Waals surface area contributed by atoms with Crippen LogP contribution in [0.2, 0.25) is 5.02 Å².